The molecule has 0 saturated carbocycles. The number of nitrogens with one attached hydrogen (secondary N) is 1. The zero-order valence-corrected chi connectivity index (χ0v) is 15.8. The highest BCUT2D eigenvalue weighted by Gasteiger charge is 2.27. The molecular formula is C23H25N3O. The van der Waals surface area contributed by atoms with E-state index < -0.39 is 5.92 Å². The number of aliphatic imine (C=N–C) groups is 1. The van der Waals surface area contributed by atoms with Gasteiger partial charge in [-0.05, 0) is 43.2 Å². The van der Waals surface area contributed by atoms with E-state index in [9.17, 15) is 4.79 Å². The molecule has 138 valence electrons. The number of amidine groups is 1. The van der Waals surface area contributed by atoms with Gasteiger partial charge in [0.2, 0.25) is 5.91 Å². The Labute approximate surface area is 160 Å². The Hall–Kier alpha value is -3.14. The maximum atomic E-state index is 13.2. The number of rotatable bonds is 5. The van der Waals surface area contributed by atoms with E-state index in [0.717, 1.165) is 35.7 Å². The Kier molecular flexibility index (Phi) is 6.21. The van der Waals surface area contributed by atoms with Gasteiger partial charge in [-0.3, -0.25) is 4.79 Å². The van der Waals surface area contributed by atoms with Crippen molar-refractivity contribution < 1.29 is 4.79 Å². The monoisotopic (exact) mass is 359 g/mol. The van der Waals surface area contributed by atoms with Gasteiger partial charge in [-0.1, -0.05) is 54.6 Å². The first kappa shape index (κ1) is 18.6. The molecule has 1 N–H and O–H groups in total. The van der Waals surface area contributed by atoms with Crippen LogP contribution in [0.15, 0.2) is 84.0 Å². The first-order valence-corrected chi connectivity index (χ1v) is 9.35. The van der Waals surface area contributed by atoms with Crippen molar-refractivity contribution in [2.45, 2.75) is 13.8 Å². The van der Waals surface area contributed by atoms with Crippen LogP contribution in [0.4, 0.5) is 5.69 Å². The minimum absolute atomic E-state index is 0.0796. The van der Waals surface area contributed by atoms with E-state index in [0.29, 0.717) is 0 Å². The Morgan fingerprint density at radius 3 is 2.26 bits per heavy atom. The summed E-state index contributed by atoms with van der Waals surface area (Å²) >= 11 is 0. The van der Waals surface area contributed by atoms with E-state index in [1.54, 1.807) is 6.20 Å². The highest BCUT2D eigenvalue weighted by molar-refractivity contribution is 6.11. The average molecular weight is 359 g/mol. The Morgan fingerprint density at radius 2 is 1.63 bits per heavy atom. The summed E-state index contributed by atoms with van der Waals surface area (Å²) in [6.07, 6.45) is 5.77. The van der Waals surface area contributed by atoms with E-state index in [4.69, 9.17) is 0 Å². The minimum atomic E-state index is -0.463. The van der Waals surface area contributed by atoms with E-state index in [-0.39, 0.29) is 5.91 Å². The lowest BCUT2D eigenvalue weighted by molar-refractivity contribution is -0.117. The van der Waals surface area contributed by atoms with Gasteiger partial charge in [-0.15, -0.1) is 0 Å². The predicted molar refractivity (Wildman–Crippen MR) is 112 cm³/mol. The summed E-state index contributed by atoms with van der Waals surface area (Å²) in [7, 11) is 0. The molecule has 0 radical (unpaired) electrons. The lowest BCUT2D eigenvalue weighted by Gasteiger charge is -2.27. The molecule has 1 aliphatic rings. The summed E-state index contributed by atoms with van der Waals surface area (Å²) in [5.74, 6) is 0.231. The molecule has 0 spiro atoms. The summed E-state index contributed by atoms with van der Waals surface area (Å²) < 4.78 is 0. The van der Waals surface area contributed by atoms with Crippen molar-refractivity contribution in [1.82, 2.24) is 4.90 Å². The smallest absolute Gasteiger partial charge is 0.238 e. The molecule has 3 rings (SSSR count). The minimum Gasteiger partial charge on any atom is -0.360 e. The van der Waals surface area contributed by atoms with Gasteiger partial charge in [0.25, 0.3) is 0 Å². The third kappa shape index (κ3) is 4.53. The second-order valence-corrected chi connectivity index (χ2v) is 6.30. The average Bonchev–Trinajstić information content (AvgIpc) is 2.94. The molecule has 1 unspecified atom stereocenters. The second kappa shape index (κ2) is 8.99. The summed E-state index contributed by atoms with van der Waals surface area (Å²) in [4.78, 5) is 19.9. The van der Waals surface area contributed by atoms with Crippen LogP contribution in [0.5, 0.6) is 0 Å². The highest BCUT2D eigenvalue weighted by atomic mass is 16.1. The van der Waals surface area contributed by atoms with Crippen LogP contribution in [-0.2, 0) is 4.79 Å². The summed E-state index contributed by atoms with van der Waals surface area (Å²) in [6.45, 7) is 5.75. The fourth-order valence-corrected chi connectivity index (χ4v) is 3.17. The van der Waals surface area contributed by atoms with Crippen molar-refractivity contribution in [2.75, 3.05) is 18.4 Å². The molecule has 0 aliphatic carbocycles. The molecule has 1 aliphatic heterocycles. The maximum Gasteiger partial charge on any atom is 0.238 e. The maximum absolute atomic E-state index is 13.2. The quantitative estimate of drug-likeness (QED) is 0.848. The molecule has 1 atom stereocenters. The van der Waals surface area contributed by atoms with Crippen molar-refractivity contribution in [2.24, 2.45) is 10.9 Å². The lowest BCUT2D eigenvalue weighted by Crippen LogP contribution is -2.40. The van der Waals surface area contributed by atoms with Crippen molar-refractivity contribution in [1.29, 1.82) is 0 Å². The van der Waals surface area contributed by atoms with Gasteiger partial charge in [-0.2, -0.15) is 0 Å². The fourth-order valence-electron chi connectivity index (χ4n) is 3.17. The van der Waals surface area contributed by atoms with Gasteiger partial charge in [0.05, 0.1) is 0 Å². The van der Waals surface area contributed by atoms with Gasteiger partial charge in [0, 0.05) is 25.0 Å². The van der Waals surface area contributed by atoms with E-state index >= 15 is 0 Å². The zero-order valence-electron chi connectivity index (χ0n) is 15.8. The van der Waals surface area contributed by atoms with Gasteiger partial charge in [0.15, 0.2) is 0 Å². The lowest BCUT2D eigenvalue weighted by atomic mass is 9.98. The van der Waals surface area contributed by atoms with E-state index in [2.05, 4.69) is 29.1 Å². The second-order valence-electron chi connectivity index (χ2n) is 6.30. The summed E-state index contributed by atoms with van der Waals surface area (Å²) in [5.41, 5.74) is 2.85. The number of benzene rings is 2. The number of carbonyl (C=O) groups excluding carboxylic acids is 1. The van der Waals surface area contributed by atoms with Crippen molar-refractivity contribution in [3.63, 3.8) is 0 Å². The van der Waals surface area contributed by atoms with E-state index in [1.165, 1.54) is 0 Å². The van der Waals surface area contributed by atoms with Crippen LogP contribution < -0.4 is 5.32 Å². The normalized spacial score (nSPS) is 16.1. The highest BCUT2D eigenvalue weighted by Crippen LogP contribution is 2.24. The number of para-hydroxylation sites is 1. The Morgan fingerprint density at radius 1 is 1.00 bits per heavy atom. The number of amides is 1. The molecule has 2 aromatic carbocycles. The fraction of sp³-hybridized carbons (Fsp3) is 0.217. The first-order chi connectivity index (χ1) is 13.2. The zero-order chi connectivity index (χ0) is 19.1. The Bertz CT molecular complexity index is 850. The molecule has 0 saturated heterocycles. The molecule has 1 amide bonds. The van der Waals surface area contributed by atoms with Gasteiger partial charge < -0.3 is 10.2 Å². The summed E-state index contributed by atoms with van der Waals surface area (Å²) in [6, 6.07) is 19.6. The number of carbonyl (C=O) groups is 1. The topological polar surface area (TPSA) is 44.7 Å². The summed E-state index contributed by atoms with van der Waals surface area (Å²) in [5, 5.41) is 3.03. The molecule has 1 heterocycles. The van der Waals surface area contributed by atoms with Gasteiger partial charge in [-0.25, -0.2) is 4.99 Å². The SMILES string of the molecule is CCN(CC)C1=NC=CC(c2ccccc2)=CC1C(=O)Nc1ccccc1. The number of nitrogens with zero attached hydrogens (tertiary/aromatic N) is 2. The van der Waals surface area contributed by atoms with E-state index in [1.807, 2.05) is 72.8 Å². The molecular weight excluding hydrogens is 334 g/mol. The van der Waals surface area contributed by atoms with Crippen LogP contribution in [0, 0.1) is 5.92 Å². The number of anilines is 1. The number of hydrogen-bond donors (Lipinski definition) is 1. The van der Waals surface area contributed by atoms with Crippen molar-refractivity contribution in [3.8, 4) is 0 Å². The molecule has 0 fully saturated rings. The van der Waals surface area contributed by atoms with Crippen LogP contribution in [0.25, 0.3) is 5.57 Å². The van der Waals surface area contributed by atoms with Gasteiger partial charge in [0.1, 0.15) is 11.8 Å². The van der Waals surface area contributed by atoms with Crippen LogP contribution >= 0.6 is 0 Å². The van der Waals surface area contributed by atoms with Crippen LogP contribution in [0.3, 0.4) is 0 Å². The molecule has 4 nitrogen and oxygen atoms in total. The predicted octanol–water partition coefficient (Wildman–Crippen LogP) is 4.59. The number of hydrogen-bond acceptors (Lipinski definition) is 3. The van der Waals surface area contributed by atoms with Gasteiger partial charge >= 0.3 is 0 Å². The largest absolute Gasteiger partial charge is 0.360 e. The van der Waals surface area contributed by atoms with Crippen LogP contribution in [-0.4, -0.2) is 29.7 Å². The first-order valence-electron chi connectivity index (χ1n) is 9.35. The molecule has 2 aromatic rings. The van der Waals surface area contributed by atoms with Crippen LogP contribution in [0.2, 0.25) is 0 Å². The molecule has 27 heavy (non-hydrogen) atoms. The molecule has 4 heteroatoms. The third-order valence-electron chi connectivity index (χ3n) is 4.60. The van der Waals surface area contributed by atoms with Crippen LogP contribution in [0.1, 0.15) is 19.4 Å². The Balaban J connectivity index is 1.97. The standard InChI is InChI=1S/C23H25N3O/c1-3-26(4-2)22-21(23(27)25-20-13-9-6-10-14-20)17-19(15-16-24-22)18-11-7-5-8-12-18/h5-17,21H,3-4H2,1-2H3,(H,25,27). The third-order valence-corrected chi connectivity index (χ3v) is 4.60. The molecule has 0 bridgehead atoms. The molecule has 0 aromatic heterocycles. The van der Waals surface area contributed by atoms with Crippen molar-refractivity contribution >= 4 is 23.0 Å². The number of allylic oxidation sites excluding steroid dienone is 2. The van der Waals surface area contributed by atoms with Crippen molar-refractivity contribution in [3.05, 3.63) is 84.6 Å².